The summed E-state index contributed by atoms with van der Waals surface area (Å²) in [6, 6.07) is 12.8. The summed E-state index contributed by atoms with van der Waals surface area (Å²) >= 11 is 0. The standard InChI is InChI=1S/C19H18O3/c1-14-3-5-15(6-4-14)7-8-16-9-10-17(19(21)13-16)18(20)11-12-22-2/h3-6,9-10,13,21H,11-12H2,1-2H3. The van der Waals surface area contributed by atoms with Crippen LogP contribution in [0.2, 0.25) is 0 Å². The Morgan fingerprint density at radius 2 is 1.73 bits per heavy atom. The van der Waals surface area contributed by atoms with E-state index in [4.69, 9.17) is 4.74 Å². The van der Waals surface area contributed by atoms with Crippen LogP contribution in [0, 0.1) is 18.8 Å². The minimum Gasteiger partial charge on any atom is -0.507 e. The molecule has 3 nitrogen and oxygen atoms in total. The summed E-state index contributed by atoms with van der Waals surface area (Å²) in [6.45, 7) is 2.36. The molecular formula is C19H18O3. The van der Waals surface area contributed by atoms with Gasteiger partial charge in [0.15, 0.2) is 5.78 Å². The van der Waals surface area contributed by atoms with Crippen LogP contribution in [0.3, 0.4) is 0 Å². The van der Waals surface area contributed by atoms with Gasteiger partial charge in [-0.05, 0) is 37.3 Å². The summed E-state index contributed by atoms with van der Waals surface area (Å²) in [5, 5.41) is 9.97. The van der Waals surface area contributed by atoms with Crippen molar-refractivity contribution in [3.05, 3.63) is 64.7 Å². The third-order valence-electron chi connectivity index (χ3n) is 3.23. The van der Waals surface area contributed by atoms with E-state index >= 15 is 0 Å². The van der Waals surface area contributed by atoms with E-state index in [-0.39, 0.29) is 18.0 Å². The number of aryl methyl sites for hydroxylation is 1. The highest BCUT2D eigenvalue weighted by Gasteiger charge is 2.10. The number of ketones is 1. The lowest BCUT2D eigenvalue weighted by Gasteiger charge is -2.03. The van der Waals surface area contributed by atoms with Gasteiger partial charge in [0.25, 0.3) is 0 Å². The number of benzene rings is 2. The maximum absolute atomic E-state index is 11.9. The molecule has 2 rings (SSSR count). The molecule has 0 unspecified atom stereocenters. The quantitative estimate of drug-likeness (QED) is 0.695. The Balaban J connectivity index is 2.16. The van der Waals surface area contributed by atoms with Crippen LogP contribution in [0.1, 0.15) is 33.5 Å². The summed E-state index contributed by atoms with van der Waals surface area (Å²) in [5.41, 5.74) is 3.06. The predicted octanol–water partition coefficient (Wildman–Crippen LogP) is 3.32. The minimum absolute atomic E-state index is 0.0446. The Bertz CT molecular complexity index is 719. The third-order valence-corrected chi connectivity index (χ3v) is 3.23. The summed E-state index contributed by atoms with van der Waals surface area (Å²) < 4.78 is 4.87. The van der Waals surface area contributed by atoms with Crippen LogP contribution in [0.4, 0.5) is 0 Å². The van der Waals surface area contributed by atoms with Gasteiger partial charge in [-0.15, -0.1) is 0 Å². The summed E-state index contributed by atoms with van der Waals surface area (Å²) in [7, 11) is 1.54. The molecule has 112 valence electrons. The van der Waals surface area contributed by atoms with Crippen molar-refractivity contribution in [2.24, 2.45) is 0 Å². The Morgan fingerprint density at radius 3 is 2.36 bits per heavy atom. The molecule has 0 spiro atoms. The predicted molar refractivity (Wildman–Crippen MR) is 86.1 cm³/mol. The van der Waals surface area contributed by atoms with Gasteiger partial charge in [0, 0.05) is 24.7 Å². The molecule has 0 saturated carbocycles. The first-order valence-corrected chi connectivity index (χ1v) is 7.04. The van der Waals surface area contributed by atoms with Crippen LogP contribution in [0.15, 0.2) is 42.5 Å². The Labute approximate surface area is 130 Å². The molecule has 0 heterocycles. The number of phenolic OH excluding ortho intramolecular Hbond substituents is 1. The fourth-order valence-electron chi connectivity index (χ4n) is 1.96. The van der Waals surface area contributed by atoms with Gasteiger partial charge in [0.1, 0.15) is 5.75 Å². The van der Waals surface area contributed by atoms with Crippen LogP contribution < -0.4 is 0 Å². The Hall–Kier alpha value is -2.57. The number of carbonyl (C=O) groups excluding carboxylic acids is 1. The van der Waals surface area contributed by atoms with Gasteiger partial charge in [0.05, 0.1) is 12.2 Å². The molecule has 0 aliphatic rings. The zero-order valence-electron chi connectivity index (χ0n) is 12.7. The molecule has 0 bridgehead atoms. The summed E-state index contributed by atoms with van der Waals surface area (Å²) in [4.78, 5) is 11.9. The average Bonchev–Trinajstić information content (AvgIpc) is 2.52. The number of hydrogen-bond donors (Lipinski definition) is 1. The van der Waals surface area contributed by atoms with E-state index in [0.717, 1.165) is 5.56 Å². The van der Waals surface area contributed by atoms with Crippen molar-refractivity contribution in [3.63, 3.8) is 0 Å². The van der Waals surface area contributed by atoms with Gasteiger partial charge in [0.2, 0.25) is 0 Å². The van der Waals surface area contributed by atoms with Crippen molar-refractivity contribution in [3.8, 4) is 17.6 Å². The fourth-order valence-corrected chi connectivity index (χ4v) is 1.96. The molecule has 3 heteroatoms. The number of ether oxygens (including phenoxy) is 1. The monoisotopic (exact) mass is 294 g/mol. The van der Waals surface area contributed by atoms with Crippen LogP contribution in [0.5, 0.6) is 5.75 Å². The Kier molecular flexibility index (Phi) is 5.35. The topological polar surface area (TPSA) is 46.5 Å². The molecule has 1 N–H and O–H groups in total. The minimum atomic E-state index is -0.141. The Morgan fingerprint density at radius 1 is 1.09 bits per heavy atom. The van der Waals surface area contributed by atoms with Gasteiger partial charge in [-0.25, -0.2) is 0 Å². The molecule has 0 aromatic heterocycles. The SMILES string of the molecule is COCCC(=O)c1ccc(C#Cc2ccc(C)cc2)cc1O. The lowest BCUT2D eigenvalue weighted by molar-refractivity contribution is 0.0929. The lowest BCUT2D eigenvalue weighted by atomic mass is 10.0. The second-order valence-electron chi connectivity index (χ2n) is 5.01. The van der Waals surface area contributed by atoms with Crippen LogP contribution >= 0.6 is 0 Å². The van der Waals surface area contributed by atoms with E-state index in [2.05, 4.69) is 11.8 Å². The molecule has 0 aliphatic heterocycles. The van der Waals surface area contributed by atoms with E-state index < -0.39 is 0 Å². The second-order valence-corrected chi connectivity index (χ2v) is 5.01. The van der Waals surface area contributed by atoms with Gasteiger partial charge >= 0.3 is 0 Å². The zero-order valence-corrected chi connectivity index (χ0v) is 12.7. The molecule has 0 radical (unpaired) electrons. The van der Waals surface area contributed by atoms with Gasteiger partial charge in [-0.2, -0.15) is 0 Å². The molecular weight excluding hydrogens is 276 g/mol. The van der Waals surface area contributed by atoms with E-state index in [1.807, 2.05) is 31.2 Å². The van der Waals surface area contributed by atoms with E-state index in [9.17, 15) is 9.90 Å². The fraction of sp³-hybridized carbons (Fsp3) is 0.211. The number of rotatable bonds is 4. The molecule has 0 saturated heterocycles. The number of phenols is 1. The highest BCUT2D eigenvalue weighted by Crippen LogP contribution is 2.20. The van der Waals surface area contributed by atoms with Crippen molar-refractivity contribution in [1.29, 1.82) is 0 Å². The van der Waals surface area contributed by atoms with Gasteiger partial charge in [-0.1, -0.05) is 29.5 Å². The average molecular weight is 294 g/mol. The van der Waals surface area contributed by atoms with E-state index in [0.29, 0.717) is 17.7 Å². The maximum Gasteiger partial charge on any atom is 0.168 e. The number of carbonyl (C=O) groups is 1. The largest absolute Gasteiger partial charge is 0.507 e. The van der Waals surface area contributed by atoms with Crippen molar-refractivity contribution < 1.29 is 14.6 Å². The summed E-state index contributed by atoms with van der Waals surface area (Å²) in [5.74, 6) is 5.83. The molecule has 0 amide bonds. The van der Waals surface area contributed by atoms with Gasteiger partial charge in [-0.3, -0.25) is 4.79 Å². The molecule has 2 aromatic rings. The van der Waals surface area contributed by atoms with Gasteiger partial charge < -0.3 is 9.84 Å². The van der Waals surface area contributed by atoms with Crippen LogP contribution in [0.25, 0.3) is 0 Å². The number of hydrogen-bond acceptors (Lipinski definition) is 3. The zero-order chi connectivity index (χ0) is 15.9. The maximum atomic E-state index is 11.9. The highest BCUT2D eigenvalue weighted by molar-refractivity contribution is 5.98. The number of methoxy groups -OCH3 is 1. The first-order chi connectivity index (χ1) is 10.6. The number of aromatic hydroxyl groups is 1. The first kappa shape index (κ1) is 15.8. The van der Waals surface area contributed by atoms with Crippen molar-refractivity contribution >= 4 is 5.78 Å². The number of Topliss-reactive ketones (excluding diaryl/α,β-unsaturated/α-hetero) is 1. The highest BCUT2D eigenvalue weighted by atomic mass is 16.5. The molecule has 22 heavy (non-hydrogen) atoms. The third kappa shape index (κ3) is 4.21. The van der Waals surface area contributed by atoms with Crippen molar-refractivity contribution in [2.75, 3.05) is 13.7 Å². The van der Waals surface area contributed by atoms with Crippen LogP contribution in [-0.4, -0.2) is 24.6 Å². The molecule has 0 aliphatic carbocycles. The molecule has 2 aromatic carbocycles. The lowest BCUT2D eigenvalue weighted by Crippen LogP contribution is -2.03. The normalized spacial score (nSPS) is 9.91. The van der Waals surface area contributed by atoms with Crippen molar-refractivity contribution in [1.82, 2.24) is 0 Å². The first-order valence-electron chi connectivity index (χ1n) is 7.04. The van der Waals surface area contributed by atoms with Crippen LogP contribution in [-0.2, 0) is 4.74 Å². The molecule has 0 fully saturated rings. The van der Waals surface area contributed by atoms with E-state index in [1.165, 1.54) is 18.7 Å². The summed E-state index contributed by atoms with van der Waals surface area (Å²) in [6.07, 6.45) is 0.248. The smallest absolute Gasteiger partial charge is 0.168 e. The van der Waals surface area contributed by atoms with E-state index in [1.54, 1.807) is 12.1 Å². The van der Waals surface area contributed by atoms with Crippen molar-refractivity contribution in [2.45, 2.75) is 13.3 Å². The second kappa shape index (κ2) is 7.44. The molecule has 0 atom stereocenters.